The quantitative estimate of drug-likeness (QED) is 0.343. The summed E-state index contributed by atoms with van der Waals surface area (Å²) in [7, 11) is -4.14. The average molecular weight is 417 g/mol. The maximum Gasteiger partial charge on any atom is 0.340 e. The fourth-order valence-corrected chi connectivity index (χ4v) is 4.10. The summed E-state index contributed by atoms with van der Waals surface area (Å²) in [5, 5.41) is 1.69. The highest BCUT2D eigenvalue weighted by molar-refractivity contribution is 7.87. The van der Waals surface area contributed by atoms with Crippen molar-refractivity contribution in [2.45, 2.75) is 18.7 Å². The molecule has 4 rings (SSSR count). The van der Waals surface area contributed by atoms with Gasteiger partial charge in [0.05, 0.1) is 5.56 Å². The van der Waals surface area contributed by atoms with Gasteiger partial charge in [0.25, 0.3) is 0 Å². The number of carbonyl (C=O) groups is 1. The second-order valence-electron chi connectivity index (χ2n) is 7.01. The number of pyridine rings is 1. The van der Waals surface area contributed by atoms with Crippen LogP contribution in [0.2, 0.25) is 0 Å². The maximum absolute atomic E-state index is 13.3. The number of carbonyl (C=O) groups excluding carboxylic acids is 1. The zero-order valence-electron chi connectivity index (χ0n) is 16.5. The predicted molar refractivity (Wildman–Crippen MR) is 115 cm³/mol. The lowest BCUT2D eigenvalue weighted by atomic mass is 9.98. The molecule has 30 heavy (non-hydrogen) atoms. The van der Waals surface area contributed by atoms with E-state index in [2.05, 4.69) is 4.98 Å². The fraction of sp³-hybridized carbons (Fsp3) is 0.0833. The second-order valence-corrected chi connectivity index (χ2v) is 8.56. The van der Waals surface area contributed by atoms with Crippen LogP contribution in [0, 0.1) is 13.8 Å². The number of aryl methyl sites for hydroxylation is 2. The van der Waals surface area contributed by atoms with Gasteiger partial charge in [0.2, 0.25) is 5.88 Å². The molecular weight excluding hydrogens is 398 g/mol. The zero-order valence-corrected chi connectivity index (χ0v) is 17.3. The van der Waals surface area contributed by atoms with Gasteiger partial charge >= 0.3 is 10.1 Å². The number of nitrogens with zero attached hydrogens (tertiary/aromatic N) is 1. The molecule has 0 bridgehead atoms. The normalized spacial score (nSPS) is 11.4. The molecule has 0 aliphatic heterocycles. The summed E-state index contributed by atoms with van der Waals surface area (Å²) < 4.78 is 30.9. The summed E-state index contributed by atoms with van der Waals surface area (Å²) >= 11 is 0. The van der Waals surface area contributed by atoms with Gasteiger partial charge in [-0.25, -0.2) is 4.98 Å². The largest absolute Gasteiger partial charge is 0.357 e. The minimum absolute atomic E-state index is 0.0000315. The number of aromatic nitrogens is 1. The molecule has 0 aliphatic carbocycles. The molecule has 5 nitrogen and oxygen atoms in total. The summed E-state index contributed by atoms with van der Waals surface area (Å²) in [4.78, 5) is 17.6. The van der Waals surface area contributed by atoms with Crippen molar-refractivity contribution in [1.29, 1.82) is 0 Å². The lowest BCUT2D eigenvalue weighted by Gasteiger charge is -2.12. The van der Waals surface area contributed by atoms with Crippen molar-refractivity contribution in [3.8, 4) is 5.88 Å². The Morgan fingerprint density at radius 1 is 0.800 bits per heavy atom. The van der Waals surface area contributed by atoms with Gasteiger partial charge in [-0.05, 0) is 48.9 Å². The minimum atomic E-state index is -4.14. The van der Waals surface area contributed by atoms with Crippen molar-refractivity contribution in [3.05, 3.63) is 101 Å². The third-order valence-corrected chi connectivity index (χ3v) is 6.00. The van der Waals surface area contributed by atoms with Crippen LogP contribution in [0.4, 0.5) is 0 Å². The van der Waals surface area contributed by atoms with E-state index >= 15 is 0 Å². The zero-order chi connectivity index (χ0) is 21.3. The molecule has 0 unspecified atom stereocenters. The molecule has 6 heteroatoms. The van der Waals surface area contributed by atoms with E-state index in [9.17, 15) is 13.2 Å². The summed E-state index contributed by atoms with van der Waals surface area (Å²) in [6.45, 7) is 3.57. The molecule has 150 valence electrons. The first-order valence-corrected chi connectivity index (χ1v) is 10.8. The highest BCUT2D eigenvalue weighted by Gasteiger charge is 2.24. The van der Waals surface area contributed by atoms with E-state index in [1.54, 1.807) is 43.3 Å². The van der Waals surface area contributed by atoms with Crippen LogP contribution < -0.4 is 4.18 Å². The maximum atomic E-state index is 13.3. The lowest BCUT2D eigenvalue weighted by molar-refractivity contribution is 0.103. The Balaban J connectivity index is 1.79. The molecule has 3 aromatic carbocycles. The van der Waals surface area contributed by atoms with Crippen LogP contribution >= 0.6 is 0 Å². The highest BCUT2D eigenvalue weighted by atomic mass is 32.2. The minimum Gasteiger partial charge on any atom is -0.357 e. The van der Waals surface area contributed by atoms with E-state index in [0.717, 1.165) is 16.3 Å². The Hall–Kier alpha value is -3.51. The van der Waals surface area contributed by atoms with Crippen LogP contribution in [0.3, 0.4) is 0 Å². The van der Waals surface area contributed by atoms with Crippen LogP contribution in [-0.2, 0) is 10.1 Å². The lowest BCUT2D eigenvalue weighted by Crippen LogP contribution is -2.14. The first-order chi connectivity index (χ1) is 14.3. The smallest absolute Gasteiger partial charge is 0.340 e. The Labute approximate surface area is 175 Å². The summed E-state index contributed by atoms with van der Waals surface area (Å²) in [5.41, 5.74) is 2.01. The summed E-state index contributed by atoms with van der Waals surface area (Å²) in [6.07, 6.45) is 0. The van der Waals surface area contributed by atoms with E-state index in [0.29, 0.717) is 11.3 Å². The van der Waals surface area contributed by atoms with Gasteiger partial charge in [0.1, 0.15) is 4.90 Å². The van der Waals surface area contributed by atoms with E-state index in [1.165, 1.54) is 12.1 Å². The first kappa shape index (κ1) is 19.8. The molecule has 1 aromatic heterocycles. The molecule has 4 aromatic rings. The Morgan fingerprint density at radius 3 is 2.27 bits per heavy atom. The molecule has 1 heterocycles. The molecule has 0 N–H and O–H groups in total. The molecule has 0 fully saturated rings. The molecular formula is C24H19NO4S. The number of hydrogen-bond donors (Lipinski definition) is 0. The van der Waals surface area contributed by atoms with E-state index in [1.807, 2.05) is 37.3 Å². The number of rotatable bonds is 5. The Bertz CT molecular complexity index is 1350. The van der Waals surface area contributed by atoms with Crippen LogP contribution in [0.5, 0.6) is 5.88 Å². The molecule has 0 atom stereocenters. The monoisotopic (exact) mass is 417 g/mol. The van der Waals surface area contributed by atoms with Crippen molar-refractivity contribution in [3.63, 3.8) is 0 Å². The average Bonchev–Trinajstić information content (AvgIpc) is 2.73. The number of ketones is 1. The predicted octanol–water partition coefficient (Wildman–Crippen LogP) is 4.85. The van der Waals surface area contributed by atoms with Gasteiger partial charge in [0.15, 0.2) is 5.78 Å². The highest BCUT2D eigenvalue weighted by Crippen LogP contribution is 2.27. The van der Waals surface area contributed by atoms with Gasteiger partial charge in [-0.15, -0.1) is 0 Å². The third-order valence-electron chi connectivity index (χ3n) is 4.78. The standard InChI is InChI=1S/C24H19NO4S/c1-16-10-13-19(14-11-16)30(27,28)29-24-22(15-12-17(2)25-24)23(26)21-9-5-7-18-6-3-4-8-20(18)21/h3-15H,1-2H3. The second kappa shape index (κ2) is 7.72. The van der Waals surface area contributed by atoms with Crippen LogP contribution in [0.1, 0.15) is 27.2 Å². The topological polar surface area (TPSA) is 73.3 Å². The summed E-state index contributed by atoms with van der Waals surface area (Å²) in [5.74, 6) is -0.582. The molecule has 0 aliphatic rings. The van der Waals surface area contributed by atoms with Crippen molar-refractivity contribution in [2.24, 2.45) is 0 Å². The van der Waals surface area contributed by atoms with Gasteiger partial charge in [-0.3, -0.25) is 4.79 Å². The third kappa shape index (κ3) is 3.82. The van der Waals surface area contributed by atoms with Crippen molar-refractivity contribution < 1.29 is 17.4 Å². The molecule has 0 radical (unpaired) electrons. The Morgan fingerprint density at radius 2 is 1.50 bits per heavy atom. The van der Waals surface area contributed by atoms with E-state index < -0.39 is 10.1 Å². The molecule has 0 saturated carbocycles. The molecule has 0 spiro atoms. The van der Waals surface area contributed by atoms with Crippen LogP contribution in [0.25, 0.3) is 10.8 Å². The van der Waals surface area contributed by atoms with Gasteiger partial charge < -0.3 is 4.18 Å². The van der Waals surface area contributed by atoms with E-state index in [-0.39, 0.29) is 22.1 Å². The van der Waals surface area contributed by atoms with Crippen LogP contribution in [-0.4, -0.2) is 19.2 Å². The van der Waals surface area contributed by atoms with Crippen molar-refractivity contribution >= 4 is 26.7 Å². The Kier molecular flexibility index (Phi) is 5.10. The van der Waals surface area contributed by atoms with Gasteiger partial charge in [-0.1, -0.05) is 60.2 Å². The summed E-state index contributed by atoms with van der Waals surface area (Å²) in [6, 6.07) is 22.4. The van der Waals surface area contributed by atoms with Gasteiger partial charge in [-0.2, -0.15) is 8.42 Å². The van der Waals surface area contributed by atoms with Crippen molar-refractivity contribution in [2.75, 3.05) is 0 Å². The van der Waals surface area contributed by atoms with Gasteiger partial charge in [0, 0.05) is 11.3 Å². The molecule has 0 amide bonds. The van der Waals surface area contributed by atoms with Crippen molar-refractivity contribution in [1.82, 2.24) is 4.98 Å². The molecule has 0 saturated heterocycles. The fourth-order valence-electron chi connectivity index (χ4n) is 3.19. The number of fused-ring (bicyclic) bond motifs is 1. The van der Waals surface area contributed by atoms with E-state index in [4.69, 9.17) is 4.18 Å². The SMILES string of the molecule is Cc1ccc(S(=O)(=O)Oc2nc(C)ccc2C(=O)c2cccc3ccccc23)cc1. The number of benzene rings is 3. The first-order valence-electron chi connectivity index (χ1n) is 9.36. The van der Waals surface area contributed by atoms with Crippen LogP contribution in [0.15, 0.2) is 83.8 Å². The number of hydrogen-bond acceptors (Lipinski definition) is 5.